The van der Waals surface area contributed by atoms with Crippen molar-refractivity contribution in [3.63, 3.8) is 0 Å². The molecule has 1 atom stereocenters. The third-order valence-corrected chi connectivity index (χ3v) is 4.71. The summed E-state index contributed by atoms with van der Waals surface area (Å²) in [6, 6.07) is 3.48. The number of ether oxygens (including phenoxy) is 1. The largest absolute Gasteiger partial charge is 0.481 e. The molecule has 0 saturated carbocycles. The summed E-state index contributed by atoms with van der Waals surface area (Å²) in [6.07, 6.45) is 1.32. The first-order valence-corrected chi connectivity index (χ1v) is 8.63. The van der Waals surface area contributed by atoms with Crippen LogP contribution in [0.1, 0.15) is 18.5 Å². The number of likely N-dealkylation sites (tertiary alicyclic amines) is 1. The molecule has 1 aromatic rings. The molecule has 2 amide bonds. The van der Waals surface area contributed by atoms with Crippen LogP contribution in [-0.4, -0.2) is 66.4 Å². The molecule has 0 spiro atoms. The first-order chi connectivity index (χ1) is 12.0. The first kappa shape index (κ1) is 17.5. The van der Waals surface area contributed by atoms with Gasteiger partial charge in [0.15, 0.2) is 0 Å². The molecule has 2 N–H and O–H groups in total. The average molecular weight is 348 g/mol. The minimum Gasteiger partial charge on any atom is -0.481 e. The molecule has 8 heteroatoms. The van der Waals surface area contributed by atoms with Gasteiger partial charge in [0.1, 0.15) is 5.82 Å². The Bertz CT molecular complexity index is 646. The lowest BCUT2D eigenvalue weighted by molar-refractivity contribution is -0.143. The van der Waals surface area contributed by atoms with E-state index >= 15 is 0 Å². The van der Waals surface area contributed by atoms with Crippen molar-refractivity contribution in [3.8, 4) is 0 Å². The third-order valence-electron chi connectivity index (χ3n) is 4.71. The van der Waals surface area contributed by atoms with E-state index in [-0.39, 0.29) is 12.6 Å². The Morgan fingerprint density at radius 1 is 1.28 bits per heavy atom. The SMILES string of the molecule is Cc1nc(N2CCOCC2)ccc1NC(=O)N1CCCC(C(=O)O)C1. The van der Waals surface area contributed by atoms with E-state index in [4.69, 9.17) is 9.84 Å². The average Bonchev–Trinajstić information content (AvgIpc) is 2.64. The summed E-state index contributed by atoms with van der Waals surface area (Å²) in [5.41, 5.74) is 1.39. The quantitative estimate of drug-likeness (QED) is 0.861. The number of nitrogens with one attached hydrogen (secondary N) is 1. The molecule has 2 aliphatic heterocycles. The number of carbonyl (C=O) groups is 2. The monoisotopic (exact) mass is 348 g/mol. The normalized spacial score (nSPS) is 21.1. The lowest BCUT2D eigenvalue weighted by Crippen LogP contribution is -2.44. The van der Waals surface area contributed by atoms with Gasteiger partial charge in [0.2, 0.25) is 0 Å². The number of pyridine rings is 1. The van der Waals surface area contributed by atoms with Crippen molar-refractivity contribution >= 4 is 23.5 Å². The number of piperidine rings is 1. The fourth-order valence-electron chi connectivity index (χ4n) is 3.21. The van der Waals surface area contributed by atoms with Crippen molar-refractivity contribution in [2.45, 2.75) is 19.8 Å². The second kappa shape index (κ2) is 7.69. The molecular formula is C17H24N4O4. The highest BCUT2D eigenvalue weighted by Crippen LogP contribution is 2.22. The number of aliphatic carboxylic acids is 1. The molecule has 1 unspecified atom stereocenters. The molecule has 1 aromatic heterocycles. The summed E-state index contributed by atoms with van der Waals surface area (Å²) in [5.74, 6) is -0.449. The van der Waals surface area contributed by atoms with E-state index in [1.807, 2.05) is 19.1 Å². The molecule has 3 rings (SSSR count). The zero-order chi connectivity index (χ0) is 17.8. The van der Waals surface area contributed by atoms with E-state index in [2.05, 4.69) is 15.2 Å². The molecule has 0 radical (unpaired) electrons. The van der Waals surface area contributed by atoms with Gasteiger partial charge in [-0.3, -0.25) is 4.79 Å². The van der Waals surface area contributed by atoms with E-state index in [9.17, 15) is 9.59 Å². The van der Waals surface area contributed by atoms with Crippen LogP contribution in [0.5, 0.6) is 0 Å². The van der Waals surface area contributed by atoms with Gasteiger partial charge in [0.25, 0.3) is 0 Å². The van der Waals surface area contributed by atoms with Crippen LogP contribution in [0, 0.1) is 12.8 Å². The minimum atomic E-state index is -0.842. The highest BCUT2D eigenvalue weighted by molar-refractivity contribution is 5.90. The summed E-state index contributed by atoms with van der Waals surface area (Å²) in [6.45, 7) is 5.69. The predicted molar refractivity (Wildman–Crippen MR) is 93.0 cm³/mol. The molecule has 0 aliphatic carbocycles. The molecule has 25 heavy (non-hydrogen) atoms. The standard InChI is InChI=1S/C17H24N4O4/c1-12-14(4-5-15(18-12)20-7-9-25-10-8-20)19-17(24)21-6-2-3-13(11-21)16(22)23/h4-5,13H,2-3,6-11H2,1H3,(H,19,24)(H,22,23). The van der Waals surface area contributed by atoms with Gasteiger partial charge in [-0.25, -0.2) is 9.78 Å². The number of nitrogens with zero attached hydrogens (tertiary/aromatic N) is 3. The molecule has 0 aromatic carbocycles. The van der Waals surface area contributed by atoms with Crippen LogP contribution in [0.15, 0.2) is 12.1 Å². The summed E-state index contributed by atoms with van der Waals surface area (Å²) >= 11 is 0. The summed E-state index contributed by atoms with van der Waals surface area (Å²) in [4.78, 5) is 31.9. The summed E-state index contributed by atoms with van der Waals surface area (Å²) in [5, 5.41) is 12.0. The molecule has 136 valence electrons. The van der Waals surface area contributed by atoms with Gasteiger partial charge in [-0.15, -0.1) is 0 Å². The lowest BCUT2D eigenvalue weighted by atomic mass is 9.99. The van der Waals surface area contributed by atoms with Crippen LogP contribution in [0.25, 0.3) is 0 Å². The fraction of sp³-hybridized carbons (Fsp3) is 0.588. The van der Waals surface area contributed by atoms with Crippen molar-refractivity contribution < 1.29 is 19.4 Å². The number of aromatic nitrogens is 1. The zero-order valence-corrected chi connectivity index (χ0v) is 14.4. The summed E-state index contributed by atoms with van der Waals surface area (Å²) in [7, 11) is 0. The van der Waals surface area contributed by atoms with Crippen molar-refractivity contribution in [3.05, 3.63) is 17.8 Å². The summed E-state index contributed by atoms with van der Waals surface area (Å²) < 4.78 is 5.35. The zero-order valence-electron chi connectivity index (χ0n) is 14.4. The van der Waals surface area contributed by atoms with Crippen LogP contribution in [0.4, 0.5) is 16.3 Å². The Morgan fingerprint density at radius 2 is 2.04 bits per heavy atom. The topological polar surface area (TPSA) is 95.0 Å². The number of carboxylic acid groups (broad SMARTS) is 1. The Labute approximate surface area is 146 Å². The van der Waals surface area contributed by atoms with Crippen molar-refractivity contribution in [1.82, 2.24) is 9.88 Å². The van der Waals surface area contributed by atoms with Crippen molar-refractivity contribution in [2.75, 3.05) is 49.6 Å². The second-order valence-corrected chi connectivity index (χ2v) is 6.46. The Hall–Kier alpha value is -2.35. The first-order valence-electron chi connectivity index (χ1n) is 8.63. The number of urea groups is 1. The molecule has 2 aliphatic rings. The Morgan fingerprint density at radius 3 is 2.72 bits per heavy atom. The van der Waals surface area contributed by atoms with Gasteiger partial charge in [-0.05, 0) is 31.9 Å². The van der Waals surface area contributed by atoms with Crippen molar-refractivity contribution in [2.24, 2.45) is 5.92 Å². The second-order valence-electron chi connectivity index (χ2n) is 6.46. The van der Waals surface area contributed by atoms with Crippen LogP contribution < -0.4 is 10.2 Å². The molecule has 3 heterocycles. The number of hydrogen-bond donors (Lipinski definition) is 2. The Kier molecular flexibility index (Phi) is 5.37. The van der Waals surface area contributed by atoms with E-state index in [1.54, 1.807) is 4.90 Å². The van der Waals surface area contributed by atoms with E-state index < -0.39 is 11.9 Å². The van der Waals surface area contributed by atoms with Crippen LogP contribution in [0.3, 0.4) is 0 Å². The molecule has 2 fully saturated rings. The molecular weight excluding hydrogens is 324 g/mol. The minimum absolute atomic E-state index is 0.250. The predicted octanol–water partition coefficient (Wildman–Crippen LogP) is 1.56. The number of aryl methyl sites for hydroxylation is 1. The maximum Gasteiger partial charge on any atom is 0.321 e. The van der Waals surface area contributed by atoms with E-state index in [0.29, 0.717) is 38.3 Å². The van der Waals surface area contributed by atoms with Gasteiger partial charge in [0.05, 0.1) is 30.5 Å². The van der Waals surface area contributed by atoms with Gasteiger partial charge >= 0.3 is 12.0 Å². The smallest absolute Gasteiger partial charge is 0.321 e. The van der Waals surface area contributed by atoms with Crippen LogP contribution in [0.2, 0.25) is 0 Å². The van der Waals surface area contributed by atoms with Gasteiger partial charge in [-0.2, -0.15) is 0 Å². The molecule has 8 nitrogen and oxygen atoms in total. The lowest BCUT2D eigenvalue weighted by Gasteiger charge is -2.31. The van der Waals surface area contributed by atoms with Gasteiger partial charge in [0, 0.05) is 26.2 Å². The van der Waals surface area contributed by atoms with Gasteiger partial charge in [-0.1, -0.05) is 0 Å². The van der Waals surface area contributed by atoms with Crippen molar-refractivity contribution in [1.29, 1.82) is 0 Å². The number of rotatable bonds is 3. The number of amides is 2. The van der Waals surface area contributed by atoms with E-state index in [0.717, 1.165) is 24.6 Å². The molecule has 0 bridgehead atoms. The molecule has 2 saturated heterocycles. The maximum atomic E-state index is 12.4. The van der Waals surface area contributed by atoms with Crippen LogP contribution in [-0.2, 0) is 9.53 Å². The highest BCUT2D eigenvalue weighted by atomic mass is 16.5. The number of carbonyl (C=O) groups excluding carboxylic acids is 1. The van der Waals surface area contributed by atoms with E-state index in [1.165, 1.54) is 0 Å². The number of anilines is 2. The number of morpholine rings is 1. The number of hydrogen-bond acceptors (Lipinski definition) is 5. The number of carboxylic acids is 1. The Balaban J connectivity index is 1.64. The fourth-order valence-corrected chi connectivity index (χ4v) is 3.21. The maximum absolute atomic E-state index is 12.4. The van der Waals surface area contributed by atoms with Crippen LogP contribution >= 0.6 is 0 Å². The van der Waals surface area contributed by atoms with Gasteiger partial charge < -0.3 is 25.0 Å². The highest BCUT2D eigenvalue weighted by Gasteiger charge is 2.28. The third kappa shape index (κ3) is 4.19.